The molecule has 0 unspecified atom stereocenters. The highest BCUT2D eigenvalue weighted by Crippen LogP contribution is 2.24. The SMILES string of the molecule is COC(CN(Cc1ccc(F)cc1Cl)S(=O)(=O)c1ccc(C)cc1)OC.COC(CNCc1ccc(F)cc1Cl)OC. The molecule has 13 heteroatoms. The average Bonchev–Trinajstić information content (AvgIpc) is 2.96. The summed E-state index contributed by atoms with van der Waals surface area (Å²) in [6.45, 7) is 2.87. The van der Waals surface area contributed by atoms with Crippen LogP contribution in [0.25, 0.3) is 0 Å². The van der Waals surface area contributed by atoms with Crippen molar-refractivity contribution in [2.75, 3.05) is 41.5 Å². The Balaban J connectivity index is 0.000000330. The molecule has 0 spiro atoms. The molecule has 0 heterocycles. The Labute approximate surface area is 256 Å². The number of halogens is 4. The third-order valence-electron chi connectivity index (χ3n) is 6.07. The fourth-order valence-corrected chi connectivity index (χ4v) is 5.48. The van der Waals surface area contributed by atoms with Crippen molar-refractivity contribution in [3.05, 3.63) is 99.0 Å². The van der Waals surface area contributed by atoms with Gasteiger partial charge < -0.3 is 24.3 Å². The summed E-state index contributed by atoms with van der Waals surface area (Å²) in [5.74, 6) is -0.821. The van der Waals surface area contributed by atoms with Gasteiger partial charge in [0.05, 0.1) is 11.4 Å². The van der Waals surface area contributed by atoms with Crippen molar-refractivity contribution >= 4 is 33.2 Å². The number of nitrogens with zero attached hydrogens (tertiary/aromatic N) is 1. The van der Waals surface area contributed by atoms with Crippen LogP contribution in [0.2, 0.25) is 10.0 Å². The van der Waals surface area contributed by atoms with E-state index in [-0.39, 0.29) is 35.1 Å². The van der Waals surface area contributed by atoms with Crippen LogP contribution < -0.4 is 5.32 Å². The number of hydrogen-bond acceptors (Lipinski definition) is 7. The van der Waals surface area contributed by atoms with Crippen molar-refractivity contribution in [1.29, 1.82) is 0 Å². The molecule has 0 radical (unpaired) electrons. The van der Waals surface area contributed by atoms with Crippen molar-refractivity contribution in [2.24, 2.45) is 0 Å². The second kappa shape index (κ2) is 17.8. The molecule has 0 atom stereocenters. The topological polar surface area (TPSA) is 86.3 Å². The lowest BCUT2D eigenvalue weighted by Crippen LogP contribution is -2.38. The van der Waals surface area contributed by atoms with E-state index in [0.717, 1.165) is 17.2 Å². The van der Waals surface area contributed by atoms with Gasteiger partial charge in [-0.2, -0.15) is 4.31 Å². The van der Waals surface area contributed by atoms with E-state index in [0.29, 0.717) is 23.7 Å². The van der Waals surface area contributed by atoms with Crippen LogP contribution in [0.1, 0.15) is 16.7 Å². The Hall–Kier alpha value is -2.19. The Kier molecular flexibility index (Phi) is 15.3. The summed E-state index contributed by atoms with van der Waals surface area (Å²) in [7, 11) is 2.16. The Morgan fingerprint density at radius 1 is 0.786 bits per heavy atom. The van der Waals surface area contributed by atoms with E-state index in [1.165, 1.54) is 42.8 Å². The quantitative estimate of drug-likeness (QED) is 0.222. The fourth-order valence-electron chi connectivity index (χ4n) is 3.61. The van der Waals surface area contributed by atoms with Crippen LogP contribution in [0.5, 0.6) is 0 Å². The first-order chi connectivity index (χ1) is 19.9. The number of ether oxygens (including phenoxy) is 4. The molecule has 0 aliphatic carbocycles. The third-order valence-corrected chi connectivity index (χ3v) is 8.60. The highest BCUT2D eigenvalue weighted by atomic mass is 35.5. The molecule has 0 saturated carbocycles. The zero-order valence-corrected chi connectivity index (χ0v) is 26.4. The van der Waals surface area contributed by atoms with Crippen LogP contribution in [-0.4, -0.2) is 66.8 Å². The molecule has 42 heavy (non-hydrogen) atoms. The van der Waals surface area contributed by atoms with Gasteiger partial charge in [0.25, 0.3) is 0 Å². The van der Waals surface area contributed by atoms with Crippen LogP contribution in [0, 0.1) is 18.6 Å². The lowest BCUT2D eigenvalue weighted by molar-refractivity contribution is -0.108. The van der Waals surface area contributed by atoms with Gasteiger partial charge in [-0.05, 0) is 54.4 Å². The Morgan fingerprint density at radius 3 is 1.76 bits per heavy atom. The van der Waals surface area contributed by atoms with Crippen molar-refractivity contribution in [3.8, 4) is 0 Å². The summed E-state index contributed by atoms with van der Waals surface area (Å²) in [5.41, 5.74) is 2.27. The molecule has 0 aromatic heterocycles. The maximum atomic E-state index is 13.3. The molecule has 1 N–H and O–H groups in total. The molecule has 0 amide bonds. The van der Waals surface area contributed by atoms with Gasteiger partial charge >= 0.3 is 0 Å². The summed E-state index contributed by atoms with van der Waals surface area (Å²) >= 11 is 11.9. The second-order valence-corrected chi connectivity index (χ2v) is 11.8. The number of sulfonamides is 1. The normalized spacial score (nSPS) is 11.7. The van der Waals surface area contributed by atoms with Crippen LogP contribution in [0.4, 0.5) is 8.78 Å². The Bertz CT molecular complexity index is 1360. The molecule has 0 bridgehead atoms. The largest absolute Gasteiger partial charge is 0.355 e. The monoisotopic (exact) mass is 648 g/mol. The Morgan fingerprint density at radius 2 is 1.29 bits per heavy atom. The number of benzene rings is 3. The second-order valence-electron chi connectivity index (χ2n) is 9.01. The van der Waals surface area contributed by atoms with Gasteiger partial charge in [-0.3, -0.25) is 0 Å². The van der Waals surface area contributed by atoms with Gasteiger partial charge in [-0.25, -0.2) is 17.2 Å². The van der Waals surface area contributed by atoms with Gasteiger partial charge in [0.2, 0.25) is 10.0 Å². The minimum absolute atomic E-state index is 0.0431. The number of aryl methyl sites for hydroxylation is 1. The van der Waals surface area contributed by atoms with Gasteiger partial charge in [-0.1, -0.05) is 53.0 Å². The number of nitrogens with one attached hydrogen (secondary N) is 1. The van der Waals surface area contributed by atoms with E-state index in [9.17, 15) is 17.2 Å². The van der Waals surface area contributed by atoms with E-state index in [2.05, 4.69) is 5.32 Å². The molecule has 0 fully saturated rings. The minimum Gasteiger partial charge on any atom is -0.355 e. The third kappa shape index (κ3) is 11.1. The van der Waals surface area contributed by atoms with Crippen molar-refractivity contribution < 1.29 is 36.1 Å². The van der Waals surface area contributed by atoms with E-state index < -0.39 is 22.1 Å². The summed E-state index contributed by atoms with van der Waals surface area (Å²) < 4.78 is 73.7. The molecule has 8 nitrogen and oxygen atoms in total. The van der Waals surface area contributed by atoms with E-state index in [1.807, 2.05) is 6.92 Å². The molecule has 0 aliphatic heterocycles. The minimum atomic E-state index is -3.84. The number of rotatable bonds is 14. The van der Waals surface area contributed by atoms with Gasteiger partial charge in [-0.15, -0.1) is 0 Å². The predicted octanol–water partition coefficient (Wildman–Crippen LogP) is 5.78. The maximum Gasteiger partial charge on any atom is 0.243 e. The summed E-state index contributed by atoms with van der Waals surface area (Å²) in [6.07, 6.45) is -1.05. The molecule has 3 rings (SSSR count). The maximum absolute atomic E-state index is 13.3. The summed E-state index contributed by atoms with van der Waals surface area (Å²) in [6, 6.07) is 14.7. The molecule has 3 aromatic rings. The molecule has 3 aromatic carbocycles. The fraction of sp³-hybridized carbons (Fsp3) is 0.379. The van der Waals surface area contributed by atoms with E-state index in [1.54, 1.807) is 44.6 Å². The first-order valence-corrected chi connectivity index (χ1v) is 14.9. The molecular weight excluding hydrogens is 613 g/mol. The first kappa shape index (κ1) is 36.0. The lowest BCUT2D eigenvalue weighted by atomic mass is 10.2. The molecule has 0 aliphatic rings. The highest BCUT2D eigenvalue weighted by Gasteiger charge is 2.28. The van der Waals surface area contributed by atoms with Crippen molar-refractivity contribution in [2.45, 2.75) is 37.5 Å². The van der Waals surface area contributed by atoms with Crippen LogP contribution in [0.3, 0.4) is 0 Å². The summed E-state index contributed by atoms with van der Waals surface area (Å²) in [5, 5.41) is 3.68. The number of methoxy groups -OCH3 is 4. The molecular formula is C29H36Cl2F2N2O6S. The predicted molar refractivity (Wildman–Crippen MR) is 159 cm³/mol. The first-order valence-electron chi connectivity index (χ1n) is 12.7. The standard InChI is InChI=1S/C18H21ClFNO4S.C11H15ClFNO2/c1-13-4-8-16(9-5-13)26(22,23)21(12-18(24-2)25-3)11-14-6-7-15(20)10-17(14)19;1-15-11(16-2)7-14-6-8-3-4-9(13)5-10(8)12/h4-10,18H,11-12H2,1-3H3;3-5,11,14H,6-7H2,1-2H3. The van der Waals surface area contributed by atoms with Crippen molar-refractivity contribution in [3.63, 3.8) is 0 Å². The smallest absolute Gasteiger partial charge is 0.243 e. The zero-order chi connectivity index (χ0) is 31.3. The van der Waals surface area contributed by atoms with E-state index in [4.69, 9.17) is 42.1 Å². The number of hydrogen-bond donors (Lipinski definition) is 1. The molecule has 0 saturated heterocycles. The molecule has 232 valence electrons. The van der Waals surface area contributed by atoms with Crippen LogP contribution >= 0.6 is 23.2 Å². The zero-order valence-electron chi connectivity index (χ0n) is 24.1. The highest BCUT2D eigenvalue weighted by molar-refractivity contribution is 7.89. The summed E-state index contributed by atoms with van der Waals surface area (Å²) in [4.78, 5) is 0.146. The van der Waals surface area contributed by atoms with Gasteiger partial charge in [0.15, 0.2) is 12.6 Å². The van der Waals surface area contributed by atoms with E-state index >= 15 is 0 Å². The van der Waals surface area contributed by atoms with Crippen molar-refractivity contribution in [1.82, 2.24) is 9.62 Å². The lowest BCUT2D eigenvalue weighted by Gasteiger charge is -2.26. The average molecular weight is 650 g/mol. The van der Waals surface area contributed by atoms with Gasteiger partial charge in [0, 0.05) is 58.1 Å². The van der Waals surface area contributed by atoms with Crippen LogP contribution in [-0.2, 0) is 42.1 Å². The van der Waals surface area contributed by atoms with Gasteiger partial charge in [0.1, 0.15) is 11.6 Å². The van der Waals surface area contributed by atoms with Crippen LogP contribution in [0.15, 0.2) is 65.6 Å².